The van der Waals surface area contributed by atoms with E-state index in [0.717, 1.165) is 12.8 Å². The van der Waals surface area contributed by atoms with Gasteiger partial charge < -0.3 is 40.2 Å². The highest BCUT2D eigenvalue weighted by Gasteiger charge is 2.43. The fraction of sp³-hybridized carbons (Fsp3) is 0.652. The van der Waals surface area contributed by atoms with Crippen molar-refractivity contribution in [1.29, 1.82) is 0 Å². The van der Waals surface area contributed by atoms with Crippen molar-refractivity contribution >= 4 is 17.7 Å². The van der Waals surface area contributed by atoms with Gasteiger partial charge in [-0.05, 0) is 64.8 Å². The highest BCUT2D eigenvalue weighted by molar-refractivity contribution is 5.90. The van der Waals surface area contributed by atoms with Crippen molar-refractivity contribution in [2.75, 3.05) is 11.9 Å². The van der Waals surface area contributed by atoms with Crippen molar-refractivity contribution < 1.29 is 39.1 Å². The summed E-state index contributed by atoms with van der Waals surface area (Å²) in [6.07, 6.45) is -3.64. The molecule has 1 aliphatic heterocycles. The zero-order chi connectivity index (χ0) is 24.6. The number of unbranched alkanes of at least 4 members (excludes halogenated alkanes) is 2. The third-order valence-corrected chi connectivity index (χ3v) is 4.95. The van der Waals surface area contributed by atoms with Crippen molar-refractivity contribution in [1.82, 2.24) is 5.32 Å². The summed E-state index contributed by atoms with van der Waals surface area (Å²) in [4.78, 5) is 23.7. The second kappa shape index (κ2) is 12.2. The monoisotopic (exact) mass is 468 g/mol. The second-order valence-electron chi connectivity index (χ2n) is 9.11. The van der Waals surface area contributed by atoms with Gasteiger partial charge in [0.15, 0.2) is 0 Å². The van der Waals surface area contributed by atoms with Crippen LogP contribution in [0.3, 0.4) is 0 Å². The fourth-order valence-electron chi connectivity index (χ4n) is 3.18. The lowest BCUT2D eigenvalue weighted by molar-refractivity contribution is -0.268. The summed E-state index contributed by atoms with van der Waals surface area (Å²) in [5.41, 5.74) is 0.0649. The number of rotatable bonds is 9. The van der Waals surface area contributed by atoms with Crippen LogP contribution in [0.4, 0.5) is 10.5 Å². The van der Waals surface area contributed by atoms with Gasteiger partial charge in [-0.15, -0.1) is 0 Å². The molecule has 1 aromatic carbocycles. The van der Waals surface area contributed by atoms with Crippen LogP contribution >= 0.6 is 0 Å². The molecule has 1 aliphatic rings. The van der Waals surface area contributed by atoms with Crippen LogP contribution in [0.15, 0.2) is 24.3 Å². The lowest BCUT2D eigenvalue weighted by atomic mass is 10.00. The Bertz CT molecular complexity index is 765. The first kappa shape index (κ1) is 26.8. The molecule has 0 radical (unpaired) electrons. The Kier molecular flexibility index (Phi) is 9.90. The normalized spacial score (nSPS) is 25.2. The van der Waals surface area contributed by atoms with Gasteiger partial charge in [-0.3, -0.25) is 4.79 Å². The first-order valence-corrected chi connectivity index (χ1v) is 11.2. The van der Waals surface area contributed by atoms with Gasteiger partial charge in [-0.2, -0.15) is 0 Å². The zero-order valence-electron chi connectivity index (χ0n) is 19.6. The number of alkyl carbamates (subject to hydrolysis) is 1. The zero-order valence-corrected chi connectivity index (χ0v) is 19.6. The van der Waals surface area contributed by atoms with E-state index >= 15 is 0 Å². The van der Waals surface area contributed by atoms with E-state index in [1.54, 1.807) is 52.0 Å². The minimum Gasteiger partial charge on any atom is -0.462 e. The molecule has 0 spiro atoms. The second-order valence-corrected chi connectivity index (χ2v) is 9.11. The molecule has 0 bridgehead atoms. The quantitative estimate of drug-likeness (QED) is 0.346. The Morgan fingerprint density at radius 2 is 1.67 bits per heavy atom. The summed E-state index contributed by atoms with van der Waals surface area (Å²) in [6, 6.07) is 6.52. The molecule has 1 fully saturated rings. The molecule has 10 nitrogen and oxygen atoms in total. The van der Waals surface area contributed by atoms with E-state index < -0.39 is 42.4 Å². The number of carbonyl (C=O) groups excluding carboxylic acids is 2. The Morgan fingerprint density at radius 1 is 1.00 bits per heavy atom. The molecule has 0 aliphatic carbocycles. The molecule has 33 heavy (non-hydrogen) atoms. The van der Waals surface area contributed by atoms with E-state index in [1.807, 2.05) is 0 Å². The van der Waals surface area contributed by atoms with Gasteiger partial charge in [-0.25, -0.2) is 4.79 Å². The highest BCUT2D eigenvalue weighted by atomic mass is 16.7. The SMILES string of the molecule is C[C@@H]1O[C@H](Oc2ccc(NC(=O)CCCCCNC(=O)OC(C)(C)C)cc2)[C@@H](O)[C@H](O)[C@@H]1O. The molecule has 5 N–H and O–H groups in total. The van der Waals surface area contributed by atoms with Crippen LogP contribution in [0.5, 0.6) is 5.75 Å². The van der Waals surface area contributed by atoms with Gasteiger partial charge in [0.2, 0.25) is 12.2 Å². The van der Waals surface area contributed by atoms with Crippen LogP contribution in [-0.4, -0.2) is 70.2 Å². The van der Waals surface area contributed by atoms with Crippen LogP contribution in [-0.2, 0) is 14.3 Å². The Labute approximate surface area is 194 Å². The summed E-state index contributed by atoms with van der Waals surface area (Å²) in [6.45, 7) is 7.48. The molecule has 2 rings (SSSR count). The van der Waals surface area contributed by atoms with Gasteiger partial charge >= 0.3 is 6.09 Å². The van der Waals surface area contributed by atoms with E-state index in [9.17, 15) is 24.9 Å². The van der Waals surface area contributed by atoms with Crippen molar-refractivity contribution in [3.63, 3.8) is 0 Å². The standard InChI is InChI=1S/C23H36N2O8/c1-14-18(27)19(28)20(29)21(31-14)32-16-11-9-15(10-12-16)25-17(26)8-6-5-7-13-24-22(30)33-23(2,3)4/h9-12,14,18-21,27-29H,5-8,13H2,1-4H3,(H,24,30)(H,25,26)/t14-,18+,19+,20-,21+/m0/s1. The summed E-state index contributed by atoms with van der Waals surface area (Å²) in [5, 5.41) is 35.1. The predicted octanol–water partition coefficient (Wildman–Crippen LogP) is 1.92. The number of ether oxygens (including phenoxy) is 3. The van der Waals surface area contributed by atoms with Crippen LogP contribution in [0.2, 0.25) is 0 Å². The van der Waals surface area contributed by atoms with E-state index in [1.165, 1.54) is 0 Å². The molecule has 1 saturated heterocycles. The minimum absolute atomic E-state index is 0.124. The number of aliphatic hydroxyl groups excluding tert-OH is 3. The molecule has 10 heteroatoms. The molecule has 186 valence electrons. The van der Waals surface area contributed by atoms with Crippen molar-refractivity contribution in [3.05, 3.63) is 24.3 Å². The Balaban J connectivity index is 1.66. The van der Waals surface area contributed by atoms with Crippen LogP contribution in [0.1, 0.15) is 53.4 Å². The molecule has 0 unspecified atom stereocenters. The maximum Gasteiger partial charge on any atom is 0.407 e. The number of hydrogen-bond donors (Lipinski definition) is 5. The minimum atomic E-state index is -1.39. The molecular weight excluding hydrogens is 432 g/mol. The largest absolute Gasteiger partial charge is 0.462 e. The maximum atomic E-state index is 12.1. The number of aliphatic hydroxyl groups is 3. The van der Waals surface area contributed by atoms with Crippen molar-refractivity contribution in [2.24, 2.45) is 0 Å². The number of amides is 2. The smallest absolute Gasteiger partial charge is 0.407 e. The van der Waals surface area contributed by atoms with Crippen LogP contribution in [0.25, 0.3) is 0 Å². The van der Waals surface area contributed by atoms with Gasteiger partial charge in [-0.1, -0.05) is 6.42 Å². The Morgan fingerprint density at radius 3 is 2.30 bits per heavy atom. The van der Waals surface area contributed by atoms with Gasteiger partial charge in [0.05, 0.1) is 6.10 Å². The van der Waals surface area contributed by atoms with Gasteiger partial charge in [0, 0.05) is 18.7 Å². The molecule has 5 atom stereocenters. The number of carbonyl (C=O) groups is 2. The average molecular weight is 469 g/mol. The van der Waals surface area contributed by atoms with E-state index in [2.05, 4.69) is 10.6 Å². The molecule has 0 aromatic heterocycles. The van der Waals surface area contributed by atoms with E-state index in [4.69, 9.17) is 14.2 Å². The van der Waals surface area contributed by atoms with E-state index in [0.29, 0.717) is 30.8 Å². The van der Waals surface area contributed by atoms with Crippen LogP contribution < -0.4 is 15.4 Å². The topological polar surface area (TPSA) is 147 Å². The number of nitrogens with one attached hydrogen (secondary N) is 2. The first-order chi connectivity index (χ1) is 15.5. The molecule has 1 aromatic rings. The highest BCUT2D eigenvalue weighted by Crippen LogP contribution is 2.25. The summed E-state index contributed by atoms with van der Waals surface area (Å²) in [7, 11) is 0. The van der Waals surface area contributed by atoms with Gasteiger partial charge in [0.25, 0.3) is 0 Å². The van der Waals surface area contributed by atoms with Crippen molar-refractivity contribution in [3.8, 4) is 5.75 Å². The summed E-state index contributed by atoms with van der Waals surface area (Å²) >= 11 is 0. The van der Waals surface area contributed by atoms with Crippen LogP contribution in [0, 0.1) is 0 Å². The summed E-state index contributed by atoms with van der Waals surface area (Å²) in [5.74, 6) is 0.256. The molecule has 1 heterocycles. The Hall–Kier alpha value is -2.40. The average Bonchev–Trinajstić information content (AvgIpc) is 2.73. The third kappa shape index (κ3) is 9.17. The third-order valence-electron chi connectivity index (χ3n) is 4.95. The molecule has 2 amide bonds. The van der Waals surface area contributed by atoms with E-state index in [-0.39, 0.29) is 5.91 Å². The number of hydrogen-bond acceptors (Lipinski definition) is 8. The fourth-order valence-corrected chi connectivity index (χ4v) is 3.18. The number of benzene rings is 1. The lowest BCUT2D eigenvalue weighted by Gasteiger charge is -2.38. The van der Waals surface area contributed by atoms with Crippen molar-refractivity contribution in [2.45, 2.75) is 89.7 Å². The predicted molar refractivity (Wildman–Crippen MR) is 121 cm³/mol. The summed E-state index contributed by atoms with van der Waals surface area (Å²) < 4.78 is 16.1. The van der Waals surface area contributed by atoms with Gasteiger partial charge in [0.1, 0.15) is 29.7 Å². The number of anilines is 1. The first-order valence-electron chi connectivity index (χ1n) is 11.2. The molecular formula is C23H36N2O8. The lowest BCUT2D eigenvalue weighted by Crippen LogP contribution is -2.58. The maximum absolute atomic E-state index is 12.1. The molecule has 0 saturated carbocycles.